The van der Waals surface area contributed by atoms with E-state index in [1.807, 2.05) is 0 Å². The molecule has 0 aliphatic heterocycles. The molecule has 0 heterocycles. The lowest BCUT2D eigenvalue weighted by atomic mass is 10.1. The molecule has 1 rings (SSSR count). The van der Waals surface area contributed by atoms with Gasteiger partial charge in [-0.1, -0.05) is 22.0 Å². The largest absolute Gasteiger partial charge is 0.352 e. The highest BCUT2D eigenvalue weighted by atomic mass is 79.9. The smallest absolute Gasteiger partial charge is 0.251 e. The molecule has 1 N–H and O–H groups in total. The number of rotatable bonds is 5. The van der Waals surface area contributed by atoms with Crippen molar-refractivity contribution in [2.24, 2.45) is 0 Å². The molecule has 0 fully saturated rings. The molecule has 1 amide bonds. The number of alkyl halides is 1. The van der Waals surface area contributed by atoms with Crippen LogP contribution in [0.3, 0.4) is 0 Å². The summed E-state index contributed by atoms with van der Waals surface area (Å²) >= 11 is 3.32. The second-order valence-corrected chi connectivity index (χ2v) is 4.41. The first-order valence-corrected chi connectivity index (χ1v) is 6.37. The number of halogens is 2. The first kappa shape index (κ1) is 13.2. The molecule has 0 aliphatic rings. The van der Waals surface area contributed by atoms with Gasteiger partial charge in [0.1, 0.15) is 5.82 Å². The Morgan fingerprint density at radius 3 is 2.81 bits per heavy atom. The van der Waals surface area contributed by atoms with E-state index in [2.05, 4.69) is 21.2 Å². The van der Waals surface area contributed by atoms with E-state index >= 15 is 0 Å². The van der Waals surface area contributed by atoms with E-state index in [4.69, 9.17) is 0 Å². The molecule has 1 aromatic rings. The van der Waals surface area contributed by atoms with Crippen molar-refractivity contribution in [3.05, 3.63) is 35.1 Å². The molecule has 0 saturated heterocycles. The van der Waals surface area contributed by atoms with Crippen LogP contribution >= 0.6 is 15.9 Å². The summed E-state index contributed by atoms with van der Waals surface area (Å²) in [7, 11) is 0. The van der Waals surface area contributed by atoms with Gasteiger partial charge in [-0.25, -0.2) is 4.39 Å². The van der Waals surface area contributed by atoms with E-state index in [0.717, 1.165) is 18.2 Å². The highest BCUT2D eigenvalue weighted by Gasteiger charge is 2.06. The lowest BCUT2D eigenvalue weighted by molar-refractivity contribution is 0.0952. The third-order valence-corrected chi connectivity index (χ3v) is 2.84. The topological polar surface area (TPSA) is 29.1 Å². The molecule has 0 spiro atoms. The van der Waals surface area contributed by atoms with Crippen molar-refractivity contribution in [2.45, 2.75) is 19.8 Å². The minimum atomic E-state index is -0.340. The summed E-state index contributed by atoms with van der Waals surface area (Å²) in [6.07, 6.45) is 1.94. The van der Waals surface area contributed by atoms with Crippen LogP contribution in [0.4, 0.5) is 4.39 Å². The number of nitrogens with one attached hydrogen (secondary N) is 1. The fraction of sp³-hybridized carbons (Fsp3) is 0.417. The van der Waals surface area contributed by atoms with Gasteiger partial charge in [-0.15, -0.1) is 0 Å². The Bertz CT molecular complexity index is 368. The average Bonchev–Trinajstić information content (AvgIpc) is 2.28. The van der Waals surface area contributed by atoms with Crippen LogP contribution < -0.4 is 5.32 Å². The molecule has 0 bridgehead atoms. The van der Waals surface area contributed by atoms with Crippen LogP contribution in [0.15, 0.2) is 18.2 Å². The van der Waals surface area contributed by atoms with Gasteiger partial charge in [0.2, 0.25) is 0 Å². The van der Waals surface area contributed by atoms with Gasteiger partial charge in [-0.05, 0) is 37.5 Å². The molecule has 4 heteroatoms. The Labute approximate surface area is 103 Å². The summed E-state index contributed by atoms with van der Waals surface area (Å²) in [6.45, 7) is 2.30. The Morgan fingerprint density at radius 1 is 1.44 bits per heavy atom. The van der Waals surface area contributed by atoms with Gasteiger partial charge < -0.3 is 5.32 Å². The maximum absolute atomic E-state index is 13.2. The third-order valence-electron chi connectivity index (χ3n) is 2.28. The molecule has 0 unspecified atom stereocenters. The number of benzene rings is 1. The van der Waals surface area contributed by atoms with Crippen LogP contribution in [0.25, 0.3) is 0 Å². The molecule has 0 atom stereocenters. The Morgan fingerprint density at radius 2 is 2.19 bits per heavy atom. The van der Waals surface area contributed by atoms with Gasteiger partial charge in [-0.3, -0.25) is 4.79 Å². The normalized spacial score (nSPS) is 10.2. The highest BCUT2D eigenvalue weighted by molar-refractivity contribution is 9.09. The summed E-state index contributed by atoms with van der Waals surface area (Å²) < 4.78 is 13.2. The van der Waals surface area contributed by atoms with Crippen LogP contribution in [0.2, 0.25) is 0 Å². The van der Waals surface area contributed by atoms with E-state index in [1.165, 1.54) is 6.07 Å². The molecule has 0 saturated carbocycles. The number of unbranched alkanes of at least 4 members (excludes halogenated alkanes) is 1. The number of carbonyl (C=O) groups is 1. The van der Waals surface area contributed by atoms with Gasteiger partial charge in [0.15, 0.2) is 0 Å². The van der Waals surface area contributed by atoms with E-state index in [-0.39, 0.29) is 11.7 Å². The third kappa shape index (κ3) is 3.93. The van der Waals surface area contributed by atoms with Crippen molar-refractivity contribution in [1.29, 1.82) is 0 Å². The Balaban J connectivity index is 2.50. The van der Waals surface area contributed by atoms with Crippen molar-refractivity contribution in [2.75, 3.05) is 11.9 Å². The molecule has 0 aromatic heterocycles. The van der Waals surface area contributed by atoms with Crippen molar-refractivity contribution in [3.8, 4) is 0 Å². The van der Waals surface area contributed by atoms with Crippen LogP contribution in [-0.4, -0.2) is 17.8 Å². The van der Waals surface area contributed by atoms with Gasteiger partial charge in [-0.2, -0.15) is 0 Å². The fourth-order valence-corrected chi connectivity index (χ4v) is 1.65. The highest BCUT2D eigenvalue weighted by Crippen LogP contribution is 2.08. The Kier molecular flexibility index (Phi) is 5.46. The van der Waals surface area contributed by atoms with E-state index in [9.17, 15) is 9.18 Å². The van der Waals surface area contributed by atoms with E-state index in [0.29, 0.717) is 17.7 Å². The summed E-state index contributed by atoms with van der Waals surface area (Å²) in [5.74, 6) is -0.554. The average molecular weight is 288 g/mol. The van der Waals surface area contributed by atoms with Gasteiger partial charge >= 0.3 is 0 Å². The zero-order chi connectivity index (χ0) is 12.0. The molecular weight excluding hydrogens is 273 g/mol. The summed E-state index contributed by atoms with van der Waals surface area (Å²) in [4.78, 5) is 11.6. The number of aryl methyl sites for hydroxylation is 1. The summed E-state index contributed by atoms with van der Waals surface area (Å²) in [5.41, 5.74) is 0.929. The van der Waals surface area contributed by atoms with Crippen LogP contribution in [0.5, 0.6) is 0 Å². The van der Waals surface area contributed by atoms with E-state index in [1.54, 1.807) is 19.1 Å². The minimum Gasteiger partial charge on any atom is -0.352 e. The van der Waals surface area contributed by atoms with Crippen LogP contribution in [0.1, 0.15) is 28.8 Å². The van der Waals surface area contributed by atoms with Gasteiger partial charge in [0.25, 0.3) is 5.91 Å². The number of amides is 1. The summed E-state index contributed by atoms with van der Waals surface area (Å²) in [6, 6.07) is 4.52. The first-order chi connectivity index (χ1) is 7.65. The fourth-order valence-electron chi connectivity index (χ4n) is 1.26. The molecule has 88 valence electrons. The van der Waals surface area contributed by atoms with Crippen LogP contribution in [-0.2, 0) is 0 Å². The molecule has 2 nitrogen and oxygen atoms in total. The Hall–Kier alpha value is -0.900. The monoisotopic (exact) mass is 287 g/mol. The SMILES string of the molecule is Cc1ccc(C(=O)NCCCCBr)cc1F. The zero-order valence-corrected chi connectivity index (χ0v) is 10.8. The molecule has 16 heavy (non-hydrogen) atoms. The maximum Gasteiger partial charge on any atom is 0.251 e. The lowest BCUT2D eigenvalue weighted by Crippen LogP contribution is -2.24. The predicted octanol–water partition coefficient (Wildman–Crippen LogP) is 3.04. The number of carbonyl (C=O) groups excluding carboxylic acids is 1. The van der Waals surface area contributed by atoms with Crippen molar-refractivity contribution < 1.29 is 9.18 Å². The maximum atomic E-state index is 13.2. The minimum absolute atomic E-state index is 0.214. The molecule has 0 aliphatic carbocycles. The van der Waals surface area contributed by atoms with Crippen molar-refractivity contribution in [1.82, 2.24) is 5.32 Å². The van der Waals surface area contributed by atoms with Crippen molar-refractivity contribution in [3.63, 3.8) is 0 Å². The zero-order valence-electron chi connectivity index (χ0n) is 9.22. The first-order valence-electron chi connectivity index (χ1n) is 5.25. The van der Waals surface area contributed by atoms with Gasteiger partial charge in [0.05, 0.1) is 0 Å². The lowest BCUT2D eigenvalue weighted by Gasteiger charge is -2.05. The molecule has 0 radical (unpaired) electrons. The number of hydrogen-bond donors (Lipinski definition) is 1. The summed E-state index contributed by atoms with van der Waals surface area (Å²) in [5, 5.41) is 3.69. The second-order valence-electron chi connectivity index (χ2n) is 3.62. The van der Waals surface area contributed by atoms with Crippen molar-refractivity contribution >= 4 is 21.8 Å². The second kappa shape index (κ2) is 6.63. The standard InChI is InChI=1S/C12H15BrFNO/c1-9-4-5-10(8-11(9)14)12(16)15-7-3-2-6-13/h4-5,8H,2-3,6-7H2,1H3,(H,15,16). The number of hydrogen-bond acceptors (Lipinski definition) is 1. The predicted molar refractivity (Wildman–Crippen MR) is 66.5 cm³/mol. The quantitative estimate of drug-likeness (QED) is 0.655. The van der Waals surface area contributed by atoms with Crippen LogP contribution in [0, 0.1) is 12.7 Å². The van der Waals surface area contributed by atoms with Gasteiger partial charge in [0, 0.05) is 17.4 Å². The molecular formula is C12H15BrFNO. The van der Waals surface area contributed by atoms with E-state index < -0.39 is 0 Å². The molecule has 1 aromatic carbocycles.